The molecule has 0 saturated heterocycles. The number of hydrogen-bond donors (Lipinski definition) is 2. The Morgan fingerprint density at radius 1 is 1.03 bits per heavy atom. The number of aliphatic hydroxyl groups is 2. The third-order valence-corrected chi connectivity index (χ3v) is 11.3. The molecule has 0 amide bonds. The maximum atomic E-state index is 11.0. The van der Waals surface area contributed by atoms with Crippen LogP contribution >= 0.6 is 0 Å². The van der Waals surface area contributed by atoms with Crippen LogP contribution in [-0.4, -0.2) is 22.4 Å². The monoisotopic (exact) mass is 430 g/mol. The van der Waals surface area contributed by atoms with Crippen molar-refractivity contribution in [2.24, 2.45) is 52.3 Å². The number of fused-ring (bicyclic) bond motifs is 5. The Bertz CT molecular complexity index is 668. The van der Waals surface area contributed by atoms with E-state index < -0.39 is 0 Å². The zero-order valence-electron chi connectivity index (χ0n) is 21.2. The summed E-state index contributed by atoms with van der Waals surface area (Å²) in [7, 11) is 0. The van der Waals surface area contributed by atoms with Gasteiger partial charge in [-0.25, -0.2) is 0 Å². The van der Waals surface area contributed by atoms with Crippen LogP contribution < -0.4 is 0 Å². The number of hydrogen-bond acceptors (Lipinski definition) is 2. The van der Waals surface area contributed by atoms with Crippen molar-refractivity contribution in [3.63, 3.8) is 0 Å². The van der Waals surface area contributed by atoms with E-state index in [0.717, 1.165) is 49.4 Å². The molecule has 0 heterocycles. The highest BCUT2D eigenvalue weighted by molar-refractivity contribution is 5.25. The third-order valence-electron chi connectivity index (χ3n) is 11.3. The number of aliphatic hydroxyl groups excluding tert-OH is 2. The molecule has 0 spiro atoms. The topological polar surface area (TPSA) is 40.5 Å². The molecule has 4 aliphatic rings. The summed E-state index contributed by atoms with van der Waals surface area (Å²) in [6.45, 7) is 14.4. The van der Waals surface area contributed by atoms with Gasteiger partial charge in [0.25, 0.3) is 0 Å². The summed E-state index contributed by atoms with van der Waals surface area (Å²) >= 11 is 0. The van der Waals surface area contributed by atoms with Crippen LogP contribution in [0.3, 0.4) is 0 Å². The van der Waals surface area contributed by atoms with Crippen LogP contribution in [0.25, 0.3) is 0 Å². The lowest BCUT2D eigenvalue weighted by Crippen LogP contribution is -2.51. The first kappa shape index (κ1) is 23.8. The standard InChI is InChI=1S/C29H50O2/c1-7-22(18(2)3)27(31)16-19(4)24-10-11-25-23-9-8-20-17-21(30)12-14-28(20,5)26(23)13-15-29(24,25)6/h8,18-19,21-27,30-31H,7,9-17H2,1-6H3/t19-,21?,22+,23+,24-,25+,26+,27?,28+,29-/m1/s1. The Kier molecular flexibility index (Phi) is 6.75. The van der Waals surface area contributed by atoms with E-state index >= 15 is 0 Å². The van der Waals surface area contributed by atoms with Gasteiger partial charge in [0.2, 0.25) is 0 Å². The van der Waals surface area contributed by atoms with E-state index in [9.17, 15) is 10.2 Å². The van der Waals surface area contributed by atoms with Gasteiger partial charge in [0.15, 0.2) is 0 Å². The minimum absolute atomic E-state index is 0.106. The molecule has 2 unspecified atom stereocenters. The Morgan fingerprint density at radius 2 is 1.77 bits per heavy atom. The van der Waals surface area contributed by atoms with Gasteiger partial charge in [0, 0.05) is 0 Å². The van der Waals surface area contributed by atoms with Crippen LogP contribution in [0.5, 0.6) is 0 Å². The highest BCUT2D eigenvalue weighted by Crippen LogP contribution is 2.67. The minimum atomic E-state index is -0.147. The van der Waals surface area contributed by atoms with Crippen molar-refractivity contribution < 1.29 is 10.2 Å². The Morgan fingerprint density at radius 3 is 2.45 bits per heavy atom. The van der Waals surface area contributed by atoms with E-state index in [1.54, 1.807) is 5.57 Å². The molecule has 4 aliphatic carbocycles. The van der Waals surface area contributed by atoms with Gasteiger partial charge in [0.05, 0.1) is 12.2 Å². The van der Waals surface area contributed by atoms with Crippen LogP contribution in [0.4, 0.5) is 0 Å². The molecule has 0 aliphatic heterocycles. The first-order valence-corrected chi connectivity index (χ1v) is 13.7. The van der Waals surface area contributed by atoms with Crippen molar-refractivity contribution >= 4 is 0 Å². The average Bonchev–Trinajstić information content (AvgIpc) is 3.06. The van der Waals surface area contributed by atoms with E-state index in [1.807, 2.05) is 0 Å². The van der Waals surface area contributed by atoms with Gasteiger partial charge < -0.3 is 10.2 Å². The molecule has 2 heteroatoms. The normalized spacial score (nSPS) is 45.3. The summed E-state index contributed by atoms with van der Waals surface area (Å²) < 4.78 is 0. The Labute approximate surface area is 192 Å². The van der Waals surface area contributed by atoms with Crippen LogP contribution in [0.1, 0.15) is 106 Å². The lowest BCUT2D eigenvalue weighted by atomic mass is 9.47. The van der Waals surface area contributed by atoms with Gasteiger partial charge in [-0.05, 0) is 110 Å². The average molecular weight is 431 g/mol. The van der Waals surface area contributed by atoms with E-state index in [1.165, 1.54) is 38.5 Å². The molecule has 10 atom stereocenters. The van der Waals surface area contributed by atoms with Crippen LogP contribution in [-0.2, 0) is 0 Å². The molecule has 2 N–H and O–H groups in total. The first-order chi connectivity index (χ1) is 14.6. The first-order valence-electron chi connectivity index (χ1n) is 13.7. The summed E-state index contributed by atoms with van der Waals surface area (Å²) in [5, 5.41) is 21.3. The van der Waals surface area contributed by atoms with Gasteiger partial charge in [-0.1, -0.05) is 59.6 Å². The van der Waals surface area contributed by atoms with Gasteiger partial charge in [-0.15, -0.1) is 0 Å². The zero-order chi connectivity index (χ0) is 22.6. The zero-order valence-corrected chi connectivity index (χ0v) is 21.2. The highest BCUT2D eigenvalue weighted by atomic mass is 16.3. The molecule has 4 rings (SSSR count). The van der Waals surface area contributed by atoms with E-state index in [-0.39, 0.29) is 12.2 Å². The highest BCUT2D eigenvalue weighted by Gasteiger charge is 2.59. The Hall–Kier alpha value is -0.340. The summed E-state index contributed by atoms with van der Waals surface area (Å²) in [5.41, 5.74) is 2.38. The maximum Gasteiger partial charge on any atom is 0.0577 e. The fourth-order valence-electron chi connectivity index (χ4n) is 9.52. The molecular weight excluding hydrogens is 380 g/mol. The van der Waals surface area contributed by atoms with Crippen LogP contribution in [0, 0.1) is 52.3 Å². The molecule has 0 aromatic rings. The largest absolute Gasteiger partial charge is 0.393 e. The van der Waals surface area contributed by atoms with Crippen LogP contribution in [0.15, 0.2) is 11.6 Å². The van der Waals surface area contributed by atoms with Crippen molar-refractivity contribution in [3.05, 3.63) is 11.6 Å². The van der Waals surface area contributed by atoms with Crippen LogP contribution in [0.2, 0.25) is 0 Å². The summed E-state index contributed by atoms with van der Waals surface area (Å²) in [6.07, 6.45) is 14.2. The molecule has 3 fully saturated rings. The van der Waals surface area contributed by atoms with Crippen molar-refractivity contribution in [2.75, 3.05) is 0 Å². The van der Waals surface area contributed by atoms with E-state index in [4.69, 9.17) is 0 Å². The molecule has 178 valence electrons. The lowest BCUT2D eigenvalue weighted by Gasteiger charge is -2.58. The fourth-order valence-corrected chi connectivity index (χ4v) is 9.52. The van der Waals surface area contributed by atoms with Gasteiger partial charge >= 0.3 is 0 Å². The lowest BCUT2D eigenvalue weighted by molar-refractivity contribution is -0.0613. The molecule has 0 radical (unpaired) electrons. The van der Waals surface area contributed by atoms with Crippen molar-refractivity contribution in [2.45, 2.75) is 118 Å². The predicted molar refractivity (Wildman–Crippen MR) is 130 cm³/mol. The SMILES string of the molecule is CC[C@@H](C(C)C)C(O)C[C@@H](C)[C@H]1CC[C@H]2[C@@H]3CC=C4CC(O)CC[C@]4(C)[C@H]3CC[C@]12C. The molecule has 0 bridgehead atoms. The van der Waals surface area contributed by atoms with E-state index in [0.29, 0.717) is 28.6 Å². The van der Waals surface area contributed by atoms with Gasteiger partial charge in [-0.2, -0.15) is 0 Å². The number of rotatable bonds is 6. The molecule has 2 nitrogen and oxygen atoms in total. The summed E-state index contributed by atoms with van der Waals surface area (Å²) in [4.78, 5) is 0. The Balaban J connectivity index is 1.49. The fraction of sp³-hybridized carbons (Fsp3) is 0.931. The van der Waals surface area contributed by atoms with Crippen molar-refractivity contribution in [1.82, 2.24) is 0 Å². The van der Waals surface area contributed by atoms with Crippen molar-refractivity contribution in [1.29, 1.82) is 0 Å². The van der Waals surface area contributed by atoms with E-state index in [2.05, 4.69) is 47.6 Å². The second-order valence-corrected chi connectivity index (χ2v) is 13.0. The maximum absolute atomic E-state index is 11.0. The summed E-state index contributed by atoms with van der Waals surface area (Å²) in [5.74, 6) is 4.89. The van der Waals surface area contributed by atoms with Gasteiger partial charge in [0.1, 0.15) is 0 Å². The quantitative estimate of drug-likeness (QED) is 0.446. The smallest absolute Gasteiger partial charge is 0.0577 e. The predicted octanol–water partition coefficient (Wildman–Crippen LogP) is 7.00. The van der Waals surface area contributed by atoms with Gasteiger partial charge in [-0.3, -0.25) is 0 Å². The molecule has 31 heavy (non-hydrogen) atoms. The molecular formula is C29H50O2. The van der Waals surface area contributed by atoms with Crippen molar-refractivity contribution in [3.8, 4) is 0 Å². The summed E-state index contributed by atoms with van der Waals surface area (Å²) in [6, 6.07) is 0. The number of allylic oxidation sites excluding steroid dienone is 1. The minimum Gasteiger partial charge on any atom is -0.393 e. The second-order valence-electron chi connectivity index (χ2n) is 13.0. The molecule has 0 aromatic heterocycles. The third kappa shape index (κ3) is 3.96. The second kappa shape index (κ2) is 8.79. The molecule has 0 aromatic carbocycles. The molecule has 3 saturated carbocycles.